The standard InChI is InChI=1S/C23H17FN4O4S2/c1-31-16-6-2-3-7-17(16)32-18-12-14(24)9-10-15(18)27-21(29)22(30)28-23-26-13-20(34-23)33-19-8-4-5-11-25-19/h2-13H,1H3,(H,27,29)(H,26,28,30). The number of methoxy groups -OCH3 is 1. The summed E-state index contributed by atoms with van der Waals surface area (Å²) in [5, 5.41) is 5.93. The molecule has 0 aliphatic rings. The molecule has 2 aromatic heterocycles. The van der Waals surface area contributed by atoms with Crippen LogP contribution in [-0.4, -0.2) is 28.9 Å². The number of aromatic nitrogens is 2. The fraction of sp³-hybridized carbons (Fsp3) is 0.0435. The second kappa shape index (κ2) is 10.8. The smallest absolute Gasteiger partial charge is 0.315 e. The number of hydrogen-bond acceptors (Lipinski definition) is 8. The van der Waals surface area contributed by atoms with Crippen molar-refractivity contribution in [1.82, 2.24) is 9.97 Å². The van der Waals surface area contributed by atoms with Crippen LogP contribution in [0.2, 0.25) is 0 Å². The monoisotopic (exact) mass is 496 g/mol. The highest BCUT2D eigenvalue weighted by Crippen LogP contribution is 2.36. The topological polar surface area (TPSA) is 102 Å². The largest absolute Gasteiger partial charge is 0.493 e. The normalized spacial score (nSPS) is 10.4. The number of halogens is 1. The van der Waals surface area contributed by atoms with Crippen LogP contribution in [0.1, 0.15) is 0 Å². The summed E-state index contributed by atoms with van der Waals surface area (Å²) in [5.41, 5.74) is 0.109. The lowest BCUT2D eigenvalue weighted by Gasteiger charge is -2.14. The molecule has 4 aromatic rings. The Morgan fingerprint density at radius 1 is 0.941 bits per heavy atom. The molecule has 0 aliphatic carbocycles. The summed E-state index contributed by atoms with van der Waals surface area (Å²) >= 11 is 2.59. The van der Waals surface area contributed by atoms with E-state index in [0.29, 0.717) is 11.5 Å². The Kier molecular flexibility index (Phi) is 7.35. The Bertz CT molecular complexity index is 1320. The molecular formula is C23H17FN4O4S2. The average Bonchev–Trinajstić information content (AvgIpc) is 3.28. The number of ether oxygens (including phenoxy) is 2. The summed E-state index contributed by atoms with van der Waals surface area (Å²) < 4.78 is 25.6. The number of anilines is 2. The third-order valence-electron chi connectivity index (χ3n) is 4.23. The number of nitrogens with one attached hydrogen (secondary N) is 2. The first-order valence-electron chi connectivity index (χ1n) is 9.79. The predicted molar refractivity (Wildman–Crippen MR) is 127 cm³/mol. The molecule has 2 aromatic carbocycles. The van der Waals surface area contributed by atoms with Gasteiger partial charge in [-0.15, -0.1) is 0 Å². The van der Waals surface area contributed by atoms with Gasteiger partial charge in [-0.1, -0.05) is 41.3 Å². The zero-order chi connectivity index (χ0) is 23.9. The minimum absolute atomic E-state index is 0.00828. The summed E-state index contributed by atoms with van der Waals surface area (Å²) in [7, 11) is 1.47. The highest BCUT2D eigenvalue weighted by atomic mass is 32.2. The first-order chi connectivity index (χ1) is 16.5. The second-order valence-corrected chi connectivity index (χ2v) is 8.91. The molecule has 34 heavy (non-hydrogen) atoms. The first kappa shape index (κ1) is 23.2. The van der Waals surface area contributed by atoms with Crippen molar-refractivity contribution in [1.29, 1.82) is 0 Å². The number of amides is 2. The Morgan fingerprint density at radius 3 is 2.47 bits per heavy atom. The highest BCUT2D eigenvalue weighted by Gasteiger charge is 2.19. The fourth-order valence-electron chi connectivity index (χ4n) is 2.71. The molecular weight excluding hydrogens is 479 g/mol. The molecule has 0 atom stereocenters. The second-order valence-electron chi connectivity index (χ2n) is 6.56. The molecule has 0 saturated heterocycles. The number of pyridine rings is 1. The van der Waals surface area contributed by atoms with Crippen molar-refractivity contribution in [3.8, 4) is 17.2 Å². The molecule has 0 unspecified atom stereocenters. The van der Waals surface area contributed by atoms with E-state index in [4.69, 9.17) is 9.47 Å². The van der Waals surface area contributed by atoms with Crippen molar-refractivity contribution in [2.45, 2.75) is 9.24 Å². The summed E-state index contributed by atoms with van der Waals surface area (Å²) in [4.78, 5) is 33.2. The quantitative estimate of drug-likeness (QED) is 0.339. The van der Waals surface area contributed by atoms with Gasteiger partial charge in [-0.2, -0.15) is 0 Å². The molecule has 0 aliphatic heterocycles. The van der Waals surface area contributed by atoms with Crippen LogP contribution in [0.4, 0.5) is 15.2 Å². The van der Waals surface area contributed by atoms with Crippen LogP contribution in [-0.2, 0) is 9.59 Å². The molecule has 172 valence electrons. The zero-order valence-corrected chi connectivity index (χ0v) is 19.3. The summed E-state index contributed by atoms with van der Waals surface area (Å²) in [5.74, 6) is -1.73. The summed E-state index contributed by atoms with van der Waals surface area (Å²) in [6.45, 7) is 0. The number of thiazole rings is 1. The van der Waals surface area contributed by atoms with Crippen molar-refractivity contribution in [2.24, 2.45) is 0 Å². The number of para-hydroxylation sites is 2. The molecule has 0 fully saturated rings. The van der Waals surface area contributed by atoms with Gasteiger partial charge in [0.25, 0.3) is 0 Å². The Labute approximate surface area is 202 Å². The predicted octanol–water partition coefficient (Wildman–Crippen LogP) is 5.21. The van der Waals surface area contributed by atoms with E-state index in [9.17, 15) is 14.0 Å². The zero-order valence-electron chi connectivity index (χ0n) is 17.7. The Hall–Kier alpha value is -3.96. The number of hydrogen-bond donors (Lipinski definition) is 2. The van der Waals surface area contributed by atoms with Crippen LogP contribution in [0.3, 0.4) is 0 Å². The van der Waals surface area contributed by atoms with Gasteiger partial charge in [-0.05, 0) is 36.4 Å². The van der Waals surface area contributed by atoms with E-state index < -0.39 is 17.6 Å². The number of nitrogens with zero attached hydrogens (tertiary/aromatic N) is 2. The molecule has 0 bridgehead atoms. The van der Waals surface area contributed by atoms with Crippen LogP contribution in [0.5, 0.6) is 17.2 Å². The van der Waals surface area contributed by atoms with Gasteiger partial charge in [0, 0.05) is 12.3 Å². The van der Waals surface area contributed by atoms with Crippen LogP contribution in [0.15, 0.2) is 82.3 Å². The molecule has 0 spiro atoms. The van der Waals surface area contributed by atoms with E-state index in [2.05, 4.69) is 20.6 Å². The van der Waals surface area contributed by atoms with E-state index in [-0.39, 0.29) is 16.6 Å². The van der Waals surface area contributed by atoms with Gasteiger partial charge in [0.1, 0.15) is 10.8 Å². The minimum Gasteiger partial charge on any atom is -0.493 e. The van der Waals surface area contributed by atoms with Crippen LogP contribution in [0, 0.1) is 5.82 Å². The van der Waals surface area contributed by atoms with Crippen LogP contribution < -0.4 is 20.1 Å². The number of carbonyl (C=O) groups is 2. The number of rotatable bonds is 7. The lowest BCUT2D eigenvalue weighted by atomic mass is 10.2. The molecule has 0 radical (unpaired) electrons. The maximum atomic E-state index is 13.9. The third-order valence-corrected chi connectivity index (χ3v) is 6.20. The Balaban J connectivity index is 1.43. The average molecular weight is 497 g/mol. The molecule has 4 rings (SSSR count). The Morgan fingerprint density at radius 2 is 1.71 bits per heavy atom. The summed E-state index contributed by atoms with van der Waals surface area (Å²) in [6, 6.07) is 15.9. The van der Waals surface area contributed by atoms with Crippen LogP contribution >= 0.6 is 23.1 Å². The molecule has 8 nitrogen and oxygen atoms in total. The van der Waals surface area contributed by atoms with Gasteiger partial charge in [-0.3, -0.25) is 14.9 Å². The maximum Gasteiger partial charge on any atom is 0.315 e. The number of benzene rings is 2. The molecule has 2 N–H and O–H groups in total. The molecule has 2 amide bonds. The highest BCUT2D eigenvalue weighted by molar-refractivity contribution is 8.01. The minimum atomic E-state index is -0.967. The van der Waals surface area contributed by atoms with Gasteiger partial charge in [-0.25, -0.2) is 14.4 Å². The van der Waals surface area contributed by atoms with E-state index in [1.54, 1.807) is 36.7 Å². The molecule has 0 saturated carbocycles. The number of carbonyl (C=O) groups excluding carboxylic acids is 2. The third kappa shape index (κ3) is 5.88. The van der Waals surface area contributed by atoms with Gasteiger partial charge >= 0.3 is 11.8 Å². The summed E-state index contributed by atoms with van der Waals surface area (Å²) in [6.07, 6.45) is 3.26. The van der Waals surface area contributed by atoms with E-state index in [1.807, 2.05) is 18.2 Å². The van der Waals surface area contributed by atoms with E-state index in [1.165, 1.54) is 36.3 Å². The van der Waals surface area contributed by atoms with Gasteiger partial charge < -0.3 is 14.8 Å². The molecule has 2 heterocycles. The molecule has 11 heteroatoms. The SMILES string of the molecule is COc1ccccc1Oc1cc(F)ccc1NC(=O)C(=O)Nc1ncc(Sc2ccccn2)s1. The van der Waals surface area contributed by atoms with Gasteiger partial charge in [0.2, 0.25) is 0 Å². The van der Waals surface area contributed by atoms with E-state index in [0.717, 1.165) is 21.4 Å². The van der Waals surface area contributed by atoms with Gasteiger partial charge in [0.15, 0.2) is 22.4 Å². The van der Waals surface area contributed by atoms with Crippen molar-refractivity contribution >= 4 is 45.7 Å². The van der Waals surface area contributed by atoms with Gasteiger partial charge in [0.05, 0.1) is 23.2 Å². The van der Waals surface area contributed by atoms with Crippen molar-refractivity contribution in [2.75, 3.05) is 17.7 Å². The van der Waals surface area contributed by atoms with Crippen molar-refractivity contribution in [3.63, 3.8) is 0 Å². The maximum absolute atomic E-state index is 13.9. The first-order valence-corrected chi connectivity index (χ1v) is 11.4. The lowest BCUT2D eigenvalue weighted by Crippen LogP contribution is -2.29. The van der Waals surface area contributed by atoms with E-state index >= 15 is 0 Å². The van der Waals surface area contributed by atoms with Crippen molar-refractivity contribution in [3.05, 3.63) is 78.9 Å². The fourth-order valence-corrected chi connectivity index (χ4v) is 4.49. The van der Waals surface area contributed by atoms with Crippen molar-refractivity contribution < 1.29 is 23.5 Å². The van der Waals surface area contributed by atoms with Crippen LogP contribution in [0.25, 0.3) is 0 Å². The lowest BCUT2D eigenvalue weighted by molar-refractivity contribution is -0.133.